The van der Waals surface area contributed by atoms with E-state index in [2.05, 4.69) is 4.74 Å². The lowest BCUT2D eigenvalue weighted by Crippen LogP contribution is -2.03. The van der Waals surface area contributed by atoms with Crippen LogP contribution in [-0.2, 0) is 9.53 Å². The molecule has 0 amide bonds. The number of ether oxygens (including phenoxy) is 1. The third-order valence-electron chi connectivity index (χ3n) is 3.05. The second-order valence-electron chi connectivity index (χ2n) is 4.47. The Balaban J connectivity index is 2.25. The van der Waals surface area contributed by atoms with Crippen molar-refractivity contribution in [2.75, 3.05) is 7.11 Å². The average molecular weight is 280 g/mol. The van der Waals surface area contributed by atoms with Crippen LogP contribution in [0.3, 0.4) is 0 Å². The Kier molecular flexibility index (Phi) is 5.04. The zero-order valence-electron chi connectivity index (χ0n) is 11.8. The lowest BCUT2D eigenvalue weighted by atomic mass is 9.98. The molecule has 2 aromatic rings. The molecular weight excluding hydrogens is 264 g/mol. The molecule has 0 N–H and O–H groups in total. The van der Waals surface area contributed by atoms with Crippen LogP contribution >= 0.6 is 0 Å². The first-order valence-corrected chi connectivity index (χ1v) is 6.64. The van der Waals surface area contributed by atoms with E-state index in [4.69, 9.17) is 0 Å². The van der Waals surface area contributed by atoms with Crippen LogP contribution in [-0.4, -0.2) is 18.9 Å². The molecule has 2 aromatic carbocycles. The fraction of sp³-hybridized carbons (Fsp3) is 0.111. The first kappa shape index (κ1) is 14.7. The van der Waals surface area contributed by atoms with Gasteiger partial charge < -0.3 is 4.74 Å². The number of rotatable bonds is 5. The van der Waals surface area contributed by atoms with E-state index in [0.717, 1.165) is 5.56 Å². The summed E-state index contributed by atoms with van der Waals surface area (Å²) in [6, 6.07) is 16.4. The van der Waals surface area contributed by atoms with Crippen molar-refractivity contribution in [2.45, 2.75) is 6.42 Å². The Hall–Kier alpha value is -2.68. The van der Waals surface area contributed by atoms with Crippen molar-refractivity contribution in [3.8, 4) is 0 Å². The third-order valence-corrected chi connectivity index (χ3v) is 3.05. The van der Waals surface area contributed by atoms with Gasteiger partial charge in [-0.2, -0.15) is 0 Å². The highest BCUT2D eigenvalue weighted by Gasteiger charge is 2.11. The predicted molar refractivity (Wildman–Crippen MR) is 82.0 cm³/mol. The summed E-state index contributed by atoms with van der Waals surface area (Å²) in [6.07, 6.45) is 3.65. The van der Waals surface area contributed by atoms with E-state index in [-0.39, 0.29) is 18.2 Å². The van der Waals surface area contributed by atoms with Crippen molar-refractivity contribution in [1.82, 2.24) is 0 Å². The van der Waals surface area contributed by atoms with Gasteiger partial charge in [0.15, 0.2) is 5.78 Å². The van der Waals surface area contributed by atoms with Gasteiger partial charge in [-0.25, -0.2) is 0 Å². The summed E-state index contributed by atoms with van der Waals surface area (Å²) in [5.41, 5.74) is 2.05. The van der Waals surface area contributed by atoms with Crippen LogP contribution < -0.4 is 0 Å². The summed E-state index contributed by atoms with van der Waals surface area (Å²) in [5.74, 6) is -0.341. The van der Waals surface area contributed by atoms with Crippen LogP contribution in [0.4, 0.5) is 0 Å². The van der Waals surface area contributed by atoms with Crippen molar-refractivity contribution >= 4 is 17.8 Å². The van der Waals surface area contributed by atoms with Crippen molar-refractivity contribution in [3.63, 3.8) is 0 Å². The molecule has 106 valence electrons. The number of benzene rings is 2. The number of hydrogen-bond donors (Lipinski definition) is 0. The molecule has 0 saturated carbocycles. The van der Waals surface area contributed by atoms with Gasteiger partial charge >= 0.3 is 5.97 Å². The normalized spacial score (nSPS) is 10.5. The van der Waals surface area contributed by atoms with Crippen LogP contribution in [0.1, 0.15) is 27.9 Å². The first-order chi connectivity index (χ1) is 10.2. The molecule has 3 heteroatoms. The SMILES string of the molecule is COC(=O)CC=Cc1ccccc1C(=O)c1ccccc1. The fourth-order valence-electron chi connectivity index (χ4n) is 1.96. The molecule has 3 nitrogen and oxygen atoms in total. The molecule has 2 rings (SSSR count). The molecule has 21 heavy (non-hydrogen) atoms. The summed E-state index contributed by atoms with van der Waals surface area (Å²) >= 11 is 0. The lowest BCUT2D eigenvalue weighted by molar-refractivity contribution is -0.139. The predicted octanol–water partition coefficient (Wildman–Crippen LogP) is 3.49. The molecular formula is C18H16O3. The Labute approximate surface area is 123 Å². The second kappa shape index (κ2) is 7.20. The molecule has 0 radical (unpaired) electrons. The van der Waals surface area contributed by atoms with Crippen LogP contribution in [0.2, 0.25) is 0 Å². The van der Waals surface area contributed by atoms with Gasteiger partial charge in [0.2, 0.25) is 0 Å². The highest BCUT2D eigenvalue weighted by Crippen LogP contribution is 2.16. The van der Waals surface area contributed by atoms with Crippen LogP contribution in [0.15, 0.2) is 60.7 Å². The summed E-state index contributed by atoms with van der Waals surface area (Å²) < 4.78 is 4.58. The van der Waals surface area contributed by atoms with E-state index in [1.807, 2.05) is 36.4 Å². The molecule has 0 heterocycles. The number of esters is 1. The smallest absolute Gasteiger partial charge is 0.309 e. The maximum atomic E-state index is 12.5. The van der Waals surface area contributed by atoms with Gasteiger partial charge in [-0.05, 0) is 5.56 Å². The number of ketones is 1. The minimum atomic E-state index is -0.307. The van der Waals surface area contributed by atoms with Crippen molar-refractivity contribution in [3.05, 3.63) is 77.4 Å². The van der Waals surface area contributed by atoms with E-state index in [9.17, 15) is 9.59 Å². The standard InChI is InChI=1S/C18H16O3/c1-21-17(19)13-7-11-14-8-5-6-12-16(14)18(20)15-9-3-2-4-10-15/h2-12H,13H2,1H3. The van der Waals surface area contributed by atoms with Gasteiger partial charge in [0.25, 0.3) is 0 Å². The largest absolute Gasteiger partial charge is 0.469 e. The number of methoxy groups -OCH3 is 1. The molecule has 0 fully saturated rings. The highest BCUT2D eigenvalue weighted by atomic mass is 16.5. The average Bonchev–Trinajstić information content (AvgIpc) is 2.55. The second-order valence-corrected chi connectivity index (χ2v) is 4.47. The maximum absolute atomic E-state index is 12.5. The van der Waals surface area contributed by atoms with Gasteiger partial charge in [0.1, 0.15) is 0 Å². The quantitative estimate of drug-likeness (QED) is 0.622. The van der Waals surface area contributed by atoms with Gasteiger partial charge in [0.05, 0.1) is 13.5 Å². The fourth-order valence-corrected chi connectivity index (χ4v) is 1.96. The number of hydrogen-bond acceptors (Lipinski definition) is 3. The summed E-state index contributed by atoms with van der Waals surface area (Å²) in [6.45, 7) is 0. The molecule has 0 unspecified atom stereocenters. The maximum Gasteiger partial charge on any atom is 0.309 e. The zero-order chi connectivity index (χ0) is 15.1. The molecule has 0 aliphatic carbocycles. The number of carbonyl (C=O) groups is 2. The molecule has 0 saturated heterocycles. The van der Waals surface area contributed by atoms with Gasteiger partial charge in [-0.15, -0.1) is 0 Å². The minimum Gasteiger partial charge on any atom is -0.469 e. The van der Waals surface area contributed by atoms with Crippen LogP contribution in [0.5, 0.6) is 0 Å². The molecule has 0 spiro atoms. The van der Waals surface area contributed by atoms with Crippen molar-refractivity contribution < 1.29 is 14.3 Å². The van der Waals surface area contributed by atoms with Crippen molar-refractivity contribution in [1.29, 1.82) is 0 Å². The molecule has 0 bridgehead atoms. The van der Waals surface area contributed by atoms with E-state index >= 15 is 0 Å². The molecule has 0 aliphatic rings. The molecule has 0 atom stereocenters. The van der Waals surface area contributed by atoms with E-state index in [1.165, 1.54) is 7.11 Å². The van der Waals surface area contributed by atoms with Crippen LogP contribution in [0, 0.1) is 0 Å². The Morgan fingerprint density at radius 1 is 1.00 bits per heavy atom. The highest BCUT2D eigenvalue weighted by molar-refractivity contribution is 6.11. The van der Waals surface area contributed by atoms with E-state index in [0.29, 0.717) is 11.1 Å². The topological polar surface area (TPSA) is 43.4 Å². The Morgan fingerprint density at radius 3 is 2.38 bits per heavy atom. The molecule has 0 aromatic heterocycles. The summed E-state index contributed by atoms with van der Waals surface area (Å²) in [7, 11) is 1.35. The van der Waals surface area contributed by atoms with Gasteiger partial charge in [-0.1, -0.05) is 66.7 Å². The molecule has 0 aliphatic heterocycles. The van der Waals surface area contributed by atoms with Crippen LogP contribution in [0.25, 0.3) is 6.08 Å². The first-order valence-electron chi connectivity index (χ1n) is 6.64. The third kappa shape index (κ3) is 3.89. The Morgan fingerprint density at radius 2 is 1.67 bits per heavy atom. The van der Waals surface area contributed by atoms with E-state index in [1.54, 1.807) is 30.4 Å². The number of carbonyl (C=O) groups excluding carboxylic acids is 2. The Bertz CT molecular complexity index is 657. The lowest BCUT2D eigenvalue weighted by Gasteiger charge is -2.05. The summed E-state index contributed by atoms with van der Waals surface area (Å²) in [4.78, 5) is 23.6. The minimum absolute atomic E-state index is 0.0334. The van der Waals surface area contributed by atoms with Crippen molar-refractivity contribution in [2.24, 2.45) is 0 Å². The monoisotopic (exact) mass is 280 g/mol. The van der Waals surface area contributed by atoms with E-state index < -0.39 is 0 Å². The van der Waals surface area contributed by atoms with Gasteiger partial charge in [-0.3, -0.25) is 9.59 Å². The summed E-state index contributed by atoms with van der Waals surface area (Å²) in [5, 5.41) is 0. The zero-order valence-corrected chi connectivity index (χ0v) is 11.8. The van der Waals surface area contributed by atoms with Gasteiger partial charge in [0, 0.05) is 11.1 Å².